The van der Waals surface area contributed by atoms with Crippen molar-refractivity contribution in [2.24, 2.45) is 0 Å². The van der Waals surface area contributed by atoms with Crippen LogP contribution in [0, 0.1) is 5.82 Å². The molecule has 0 saturated heterocycles. The fourth-order valence-corrected chi connectivity index (χ4v) is 3.39. The molecule has 4 aromatic rings. The maximum Gasteiger partial charge on any atom is 0.254 e. The van der Waals surface area contributed by atoms with Crippen LogP contribution in [0.5, 0.6) is 0 Å². The van der Waals surface area contributed by atoms with Gasteiger partial charge < -0.3 is 20.7 Å². The molecular formula is C23H21ClFN7O2. The van der Waals surface area contributed by atoms with E-state index in [9.17, 15) is 9.18 Å². The van der Waals surface area contributed by atoms with Crippen LogP contribution in [0.1, 0.15) is 10.4 Å². The lowest BCUT2D eigenvalue weighted by atomic mass is 10.2. The number of carbonyl (C=O) groups is 1. The Kier molecular flexibility index (Phi) is 7.09. The van der Waals surface area contributed by atoms with E-state index >= 15 is 0 Å². The van der Waals surface area contributed by atoms with Crippen LogP contribution in [0.15, 0.2) is 48.8 Å². The van der Waals surface area contributed by atoms with Crippen molar-refractivity contribution < 1.29 is 13.9 Å². The van der Waals surface area contributed by atoms with Gasteiger partial charge in [-0.15, -0.1) is 0 Å². The second-order valence-corrected chi connectivity index (χ2v) is 7.57. The highest BCUT2D eigenvalue weighted by Crippen LogP contribution is 2.30. The fraction of sp³-hybridized carbons (Fsp3) is 0.174. The number of pyridine rings is 2. The molecule has 0 aliphatic rings. The van der Waals surface area contributed by atoms with Gasteiger partial charge in [-0.2, -0.15) is 0 Å². The minimum Gasteiger partial charge on any atom is -0.383 e. The Hall–Kier alpha value is -3.89. The Bertz CT molecular complexity index is 1350. The number of halogens is 2. The summed E-state index contributed by atoms with van der Waals surface area (Å²) < 4.78 is 19.7. The number of methoxy groups -OCH3 is 1. The number of amides is 1. The fourth-order valence-electron chi connectivity index (χ4n) is 3.22. The Morgan fingerprint density at radius 3 is 2.79 bits per heavy atom. The van der Waals surface area contributed by atoms with Crippen molar-refractivity contribution in [3.63, 3.8) is 0 Å². The maximum atomic E-state index is 14.6. The molecule has 0 spiro atoms. The third kappa shape index (κ3) is 5.03. The zero-order chi connectivity index (χ0) is 24.1. The molecule has 9 nitrogen and oxygen atoms in total. The van der Waals surface area contributed by atoms with E-state index in [0.29, 0.717) is 52.1 Å². The topological polar surface area (TPSA) is 114 Å². The van der Waals surface area contributed by atoms with Gasteiger partial charge in [0, 0.05) is 38.1 Å². The summed E-state index contributed by atoms with van der Waals surface area (Å²) in [7, 11) is 3.14. The summed E-state index contributed by atoms with van der Waals surface area (Å²) in [5.74, 6) is 0.150. The number of carbonyl (C=O) groups excluding carboxylic acids is 1. The predicted octanol–water partition coefficient (Wildman–Crippen LogP) is 4.04. The molecule has 11 heteroatoms. The molecule has 1 amide bonds. The standard InChI is InChI=1S/C23H21ClFN7O2/c1-26-23(33)16-12-27-8-7-18(16)29-20-14-4-6-19(28-9-10-34-2)30-21(14)32-22(31-20)15-11-13(24)3-5-17(15)25/h3-8,11-12H,9-10H2,1-2H3,(H,26,33)(H2,27,28,29,30,31,32). The number of rotatable bonds is 8. The molecule has 0 fully saturated rings. The second kappa shape index (κ2) is 10.4. The zero-order valence-electron chi connectivity index (χ0n) is 18.4. The molecule has 0 saturated carbocycles. The molecule has 3 heterocycles. The third-order valence-corrected chi connectivity index (χ3v) is 5.12. The van der Waals surface area contributed by atoms with E-state index in [1.807, 2.05) is 0 Å². The van der Waals surface area contributed by atoms with Crippen LogP contribution in [0.3, 0.4) is 0 Å². The first-order chi connectivity index (χ1) is 16.5. The van der Waals surface area contributed by atoms with Crippen molar-refractivity contribution in [1.82, 2.24) is 25.3 Å². The van der Waals surface area contributed by atoms with Gasteiger partial charge in [-0.25, -0.2) is 19.3 Å². The first kappa shape index (κ1) is 23.3. The van der Waals surface area contributed by atoms with E-state index < -0.39 is 5.82 Å². The molecule has 0 unspecified atom stereocenters. The Balaban J connectivity index is 1.86. The molecule has 1 aromatic carbocycles. The third-order valence-electron chi connectivity index (χ3n) is 4.89. The highest BCUT2D eigenvalue weighted by atomic mass is 35.5. The summed E-state index contributed by atoms with van der Waals surface area (Å²) in [6.45, 7) is 1.05. The van der Waals surface area contributed by atoms with Gasteiger partial charge in [0.25, 0.3) is 5.91 Å². The summed E-state index contributed by atoms with van der Waals surface area (Å²) in [5, 5.41) is 9.80. The molecule has 3 N–H and O–H groups in total. The molecule has 0 bridgehead atoms. The minimum atomic E-state index is -0.529. The predicted molar refractivity (Wildman–Crippen MR) is 129 cm³/mol. The summed E-state index contributed by atoms with van der Waals surface area (Å²) in [6.07, 6.45) is 2.99. The van der Waals surface area contributed by atoms with Gasteiger partial charge in [-0.05, 0) is 36.4 Å². The van der Waals surface area contributed by atoms with E-state index in [0.717, 1.165) is 0 Å². The van der Waals surface area contributed by atoms with E-state index in [1.165, 1.54) is 31.4 Å². The average molecular weight is 482 g/mol. The molecule has 0 aliphatic carbocycles. The number of nitrogens with one attached hydrogen (secondary N) is 3. The number of hydrogen-bond donors (Lipinski definition) is 3. The van der Waals surface area contributed by atoms with E-state index in [2.05, 4.69) is 35.9 Å². The van der Waals surface area contributed by atoms with Crippen LogP contribution >= 0.6 is 11.6 Å². The van der Waals surface area contributed by atoms with Crippen LogP contribution < -0.4 is 16.0 Å². The van der Waals surface area contributed by atoms with Gasteiger partial charge in [0.2, 0.25) is 0 Å². The Morgan fingerprint density at radius 1 is 1.15 bits per heavy atom. The number of nitrogens with zero attached hydrogens (tertiary/aromatic N) is 4. The van der Waals surface area contributed by atoms with Crippen molar-refractivity contribution in [2.75, 3.05) is 37.9 Å². The normalized spacial score (nSPS) is 10.8. The smallest absolute Gasteiger partial charge is 0.254 e. The largest absolute Gasteiger partial charge is 0.383 e. The van der Waals surface area contributed by atoms with Crippen molar-refractivity contribution in [2.45, 2.75) is 0 Å². The highest BCUT2D eigenvalue weighted by Gasteiger charge is 2.17. The van der Waals surface area contributed by atoms with Gasteiger partial charge in [0.15, 0.2) is 11.5 Å². The highest BCUT2D eigenvalue weighted by molar-refractivity contribution is 6.30. The zero-order valence-corrected chi connectivity index (χ0v) is 19.2. The van der Waals surface area contributed by atoms with Gasteiger partial charge in [0.1, 0.15) is 17.5 Å². The van der Waals surface area contributed by atoms with E-state index in [4.69, 9.17) is 16.3 Å². The van der Waals surface area contributed by atoms with E-state index in [-0.39, 0.29) is 17.3 Å². The molecule has 34 heavy (non-hydrogen) atoms. The van der Waals surface area contributed by atoms with Crippen molar-refractivity contribution in [3.8, 4) is 11.4 Å². The lowest BCUT2D eigenvalue weighted by Gasteiger charge is -2.14. The molecule has 0 atom stereocenters. The summed E-state index contributed by atoms with van der Waals surface area (Å²) in [6, 6.07) is 9.36. The molecule has 0 aliphatic heterocycles. The summed E-state index contributed by atoms with van der Waals surface area (Å²) in [5.41, 5.74) is 1.23. The van der Waals surface area contributed by atoms with Crippen LogP contribution in [-0.4, -0.2) is 53.2 Å². The first-order valence-electron chi connectivity index (χ1n) is 10.3. The summed E-state index contributed by atoms with van der Waals surface area (Å²) in [4.78, 5) is 29.9. The van der Waals surface area contributed by atoms with Crippen molar-refractivity contribution in [1.29, 1.82) is 0 Å². The minimum absolute atomic E-state index is 0.0899. The SMILES string of the molecule is CNC(=O)c1cnccc1Nc1nc(-c2cc(Cl)ccc2F)nc2nc(NCCOC)ccc12. The maximum absolute atomic E-state index is 14.6. The van der Waals surface area contributed by atoms with Gasteiger partial charge in [0.05, 0.1) is 28.8 Å². The Morgan fingerprint density at radius 2 is 2.00 bits per heavy atom. The van der Waals surface area contributed by atoms with Gasteiger partial charge in [-0.1, -0.05) is 11.6 Å². The van der Waals surface area contributed by atoms with Crippen LogP contribution in [-0.2, 0) is 4.74 Å². The lowest BCUT2D eigenvalue weighted by Crippen LogP contribution is -2.19. The molecule has 4 rings (SSSR count). The van der Waals surface area contributed by atoms with Crippen LogP contribution in [0.2, 0.25) is 5.02 Å². The number of aromatic nitrogens is 4. The van der Waals surface area contributed by atoms with Crippen LogP contribution in [0.4, 0.5) is 21.7 Å². The number of ether oxygens (including phenoxy) is 1. The van der Waals surface area contributed by atoms with Crippen LogP contribution in [0.25, 0.3) is 22.4 Å². The number of hydrogen-bond acceptors (Lipinski definition) is 8. The molecule has 0 radical (unpaired) electrons. The van der Waals surface area contributed by atoms with E-state index in [1.54, 1.807) is 31.5 Å². The number of fused-ring (bicyclic) bond motifs is 1. The Labute approximate surface area is 199 Å². The monoisotopic (exact) mass is 481 g/mol. The average Bonchev–Trinajstić information content (AvgIpc) is 2.85. The number of benzene rings is 1. The lowest BCUT2D eigenvalue weighted by molar-refractivity contribution is 0.0963. The molecule has 3 aromatic heterocycles. The quantitative estimate of drug-likeness (QED) is 0.323. The second-order valence-electron chi connectivity index (χ2n) is 7.13. The van der Waals surface area contributed by atoms with Gasteiger partial charge in [-0.3, -0.25) is 9.78 Å². The molecular weight excluding hydrogens is 461 g/mol. The first-order valence-corrected chi connectivity index (χ1v) is 10.7. The molecule has 174 valence electrons. The number of anilines is 3. The van der Waals surface area contributed by atoms with Gasteiger partial charge >= 0.3 is 0 Å². The van der Waals surface area contributed by atoms with Crippen molar-refractivity contribution >= 4 is 45.9 Å². The van der Waals surface area contributed by atoms with Crippen molar-refractivity contribution in [3.05, 3.63) is 65.2 Å². The summed E-state index contributed by atoms with van der Waals surface area (Å²) >= 11 is 6.10.